The van der Waals surface area contributed by atoms with Crippen LogP contribution >= 0.6 is 15.9 Å². The number of rotatable bonds is 3. The second kappa shape index (κ2) is 5.46. The molecule has 2 N–H and O–H groups in total. The third kappa shape index (κ3) is 2.32. The maximum Gasteiger partial charge on any atom is 0.261 e. The summed E-state index contributed by atoms with van der Waals surface area (Å²) >= 11 is 3.56. The Balaban J connectivity index is 1.68. The number of nitrogens with zero attached hydrogens (tertiary/aromatic N) is 3. The Hall–Kier alpha value is -1.66. The molecule has 4 rings (SSSR count). The molecule has 1 aliphatic heterocycles. The molecule has 1 aromatic heterocycles. The second-order valence-corrected chi connectivity index (χ2v) is 7.38. The first-order valence-electron chi connectivity index (χ1n) is 7.97. The lowest BCUT2D eigenvalue weighted by Crippen LogP contribution is -2.41. The number of halogens is 1. The highest BCUT2D eigenvalue weighted by Crippen LogP contribution is 2.53. The summed E-state index contributed by atoms with van der Waals surface area (Å²) in [6.45, 7) is 1.92. The van der Waals surface area contributed by atoms with Crippen molar-refractivity contribution in [3.63, 3.8) is 0 Å². The zero-order valence-corrected chi connectivity index (χ0v) is 14.4. The van der Waals surface area contributed by atoms with Gasteiger partial charge in [0.2, 0.25) is 0 Å². The maximum absolute atomic E-state index is 13.0. The van der Waals surface area contributed by atoms with Crippen LogP contribution in [0.5, 0.6) is 0 Å². The molecule has 2 aliphatic rings. The van der Waals surface area contributed by atoms with Crippen LogP contribution in [0.4, 0.5) is 5.69 Å². The smallest absolute Gasteiger partial charge is 0.261 e. The number of anilines is 1. The lowest BCUT2D eigenvalue weighted by atomic mass is 9.66. The van der Waals surface area contributed by atoms with Gasteiger partial charge in [-0.05, 0) is 36.6 Å². The topological polar surface area (TPSA) is 64.2 Å². The fourth-order valence-corrected chi connectivity index (χ4v) is 4.10. The van der Waals surface area contributed by atoms with Gasteiger partial charge in [0.1, 0.15) is 0 Å². The Labute approximate surface area is 143 Å². The number of carbonyl (C=O) groups is 1. The first-order chi connectivity index (χ1) is 11.1. The number of carbonyl (C=O) groups excluding carboxylic acids is 1. The van der Waals surface area contributed by atoms with Crippen LogP contribution < -0.4 is 10.6 Å². The van der Waals surface area contributed by atoms with Crippen LogP contribution in [0.15, 0.2) is 35.1 Å². The highest BCUT2D eigenvalue weighted by Gasteiger charge is 2.48. The molecular formula is C17H19BrN4O. The van der Waals surface area contributed by atoms with Crippen molar-refractivity contribution in [3.05, 3.63) is 46.2 Å². The largest absolute Gasteiger partial charge is 0.329 e. The third-order valence-corrected chi connectivity index (χ3v) is 5.57. The van der Waals surface area contributed by atoms with E-state index in [9.17, 15) is 4.79 Å². The van der Waals surface area contributed by atoms with Crippen LogP contribution in [-0.2, 0) is 12.0 Å². The average molecular weight is 375 g/mol. The molecule has 1 saturated carbocycles. The molecule has 0 saturated heterocycles. The van der Waals surface area contributed by atoms with Gasteiger partial charge in [-0.15, -0.1) is 0 Å². The van der Waals surface area contributed by atoms with Crippen molar-refractivity contribution in [1.29, 1.82) is 0 Å². The number of nitrogens with two attached hydrogens (primary N) is 1. The van der Waals surface area contributed by atoms with Crippen LogP contribution in [0, 0.1) is 0 Å². The summed E-state index contributed by atoms with van der Waals surface area (Å²) in [5.41, 5.74) is 8.68. The Bertz CT molecular complexity index is 766. The van der Waals surface area contributed by atoms with Gasteiger partial charge in [-0.2, -0.15) is 5.10 Å². The number of aromatic nitrogens is 2. The molecule has 0 radical (unpaired) electrons. The predicted octanol–water partition coefficient (Wildman–Crippen LogP) is 2.69. The van der Waals surface area contributed by atoms with Crippen molar-refractivity contribution in [3.8, 4) is 0 Å². The minimum atomic E-state index is 0.0284. The Morgan fingerprint density at radius 3 is 2.91 bits per heavy atom. The molecule has 1 aliphatic carbocycles. The van der Waals surface area contributed by atoms with Gasteiger partial charge in [0, 0.05) is 34.9 Å². The van der Waals surface area contributed by atoms with Crippen molar-refractivity contribution in [2.75, 3.05) is 18.0 Å². The van der Waals surface area contributed by atoms with Gasteiger partial charge >= 0.3 is 0 Å². The minimum absolute atomic E-state index is 0.0284. The lowest BCUT2D eigenvalue weighted by Gasteiger charge is -2.39. The van der Waals surface area contributed by atoms with Crippen molar-refractivity contribution >= 4 is 27.5 Å². The molecule has 23 heavy (non-hydrogen) atoms. The molecule has 6 heteroatoms. The molecule has 1 aromatic carbocycles. The highest BCUT2D eigenvalue weighted by molar-refractivity contribution is 9.10. The molecule has 5 nitrogen and oxygen atoms in total. The average Bonchev–Trinajstić information content (AvgIpc) is 3.08. The molecule has 2 heterocycles. The van der Waals surface area contributed by atoms with E-state index in [4.69, 9.17) is 5.73 Å². The zero-order valence-electron chi connectivity index (χ0n) is 12.8. The first kappa shape index (κ1) is 14.9. The Kier molecular flexibility index (Phi) is 3.54. The summed E-state index contributed by atoms with van der Waals surface area (Å²) in [7, 11) is 0. The second-order valence-electron chi connectivity index (χ2n) is 6.47. The number of fused-ring (bicyclic) bond motifs is 2. The van der Waals surface area contributed by atoms with E-state index in [0.29, 0.717) is 18.7 Å². The van der Waals surface area contributed by atoms with Crippen LogP contribution in [0.3, 0.4) is 0 Å². The van der Waals surface area contributed by atoms with Gasteiger partial charge < -0.3 is 10.6 Å². The minimum Gasteiger partial charge on any atom is -0.329 e. The maximum atomic E-state index is 13.0. The van der Waals surface area contributed by atoms with E-state index in [0.717, 1.165) is 29.5 Å². The monoisotopic (exact) mass is 374 g/mol. The Morgan fingerprint density at radius 2 is 2.22 bits per heavy atom. The van der Waals surface area contributed by atoms with Crippen LogP contribution in [0.25, 0.3) is 0 Å². The molecule has 120 valence electrons. The van der Waals surface area contributed by atoms with Crippen molar-refractivity contribution in [2.24, 2.45) is 5.73 Å². The fourth-order valence-electron chi connectivity index (χ4n) is 3.74. The van der Waals surface area contributed by atoms with Crippen molar-refractivity contribution in [2.45, 2.75) is 31.2 Å². The van der Waals surface area contributed by atoms with E-state index >= 15 is 0 Å². The number of hydrogen-bond donors (Lipinski definition) is 1. The molecule has 1 fully saturated rings. The number of benzene rings is 1. The van der Waals surface area contributed by atoms with Gasteiger partial charge in [0.15, 0.2) is 0 Å². The number of hydrogen-bond acceptors (Lipinski definition) is 3. The summed E-state index contributed by atoms with van der Waals surface area (Å²) in [6, 6.07) is 6.24. The zero-order chi connectivity index (χ0) is 16.0. The van der Waals surface area contributed by atoms with E-state index in [-0.39, 0.29) is 11.3 Å². The van der Waals surface area contributed by atoms with E-state index in [1.165, 1.54) is 12.0 Å². The van der Waals surface area contributed by atoms with Gasteiger partial charge in [0.25, 0.3) is 5.91 Å². The first-order valence-corrected chi connectivity index (χ1v) is 8.77. The molecule has 0 atom stereocenters. The molecule has 0 bridgehead atoms. The van der Waals surface area contributed by atoms with Gasteiger partial charge in [-0.1, -0.05) is 22.4 Å². The van der Waals surface area contributed by atoms with Gasteiger partial charge in [-0.3, -0.25) is 9.48 Å². The van der Waals surface area contributed by atoms with Crippen LogP contribution in [-0.4, -0.2) is 28.8 Å². The molecule has 0 unspecified atom stereocenters. The van der Waals surface area contributed by atoms with E-state index < -0.39 is 0 Å². The van der Waals surface area contributed by atoms with Crippen molar-refractivity contribution < 1.29 is 4.79 Å². The quantitative estimate of drug-likeness (QED) is 0.897. The predicted molar refractivity (Wildman–Crippen MR) is 92.6 cm³/mol. The fraction of sp³-hybridized carbons (Fsp3) is 0.412. The molecular weight excluding hydrogens is 356 g/mol. The third-order valence-electron chi connectivity index (χ3n) is 5.08. The van der Waals surface area contributed by atoms with Crippen molar-refractivity contribution in [1.82, 2.24) is 9.78 Å². The summed E-state index contributed by atoms with van der Waals surface area (Å²) in [6.07, 6.45) is 6.99. The van der Waals surface area contributed by atoms with Gasteiger partial charge in [0.05, 0.1) is 18.3 Å². The van der Waals surface area contributed by atoms with E-state index in [1.54, 1.807) is 17.1 Å². The molecule has 1 amide bonds. The van der Waals surface area contributed by atoms with Crippen LogP contribution in [0.2, 0.25) is 0 Å². The molecule has 2 aromatic rings. The summed E-state index contributed by atoms with van der Waals surface area (Å²) in [5, 5.41) is 4.22. The SMILES string of the molecule is NCCn1cc(C(=O)N2CC3(CCC3)c3cc(Br)ccc32)cn1. The van der Waals surface area contributed by atoms with E-state index in [2.05, 4.69) is 33.2 Å². The molecule has 1 spiro atoms. The highest BCUT2D eigenvalue weighted by atomic mass is 79.9. The Morgan fingerprint density at radius 1 is 1.39 bits per heavy atom. The summed E-state index contributed by atoms with van der Waals surface area (Å²) < 4.78 is 2.80. The van der Waals surface area contributed by atoms with Crippen LogP contribution in [0.1, 0.15) is 35.2 Å². The normalized spacial score (nSPS) is 18.1. The lowest BCUT2D eigenvalue weighted by molar-refractivity contribution is 0.0979. The summed E-state index contributed by atoms with van der Waals surface area (Å²) in [4.78, 5) is 14.9. The van der Waals surface area contributed by atoms with E-state index in [1.807, 2.05) is 11.0 Å². The van der Waals surface area contributed by atoms with Gasteiger partial charge in [-0.25, -0.2) is 0 Å². The standard InChI is InChI=1S/C17H19BrN4O/c18-13-2-3-15-14(8-13)17(4-1-5-17)11-22(15)16(23)12-9-20-21(10-12)7-6-19/h2-3,8-10H,1,4-7,11,19H2. The summed E-state index contributed by atoms with van der Waals surface area (Å²) in [5.74, 6) is 0.0284. The number of amides is 1.